The quantitative estimate of drug-likeness (QED) is 0.849. The number of ether oxygens (including phenoxy) is 1. The first-order valence-electron chi connectivity index (χ1n) is 10.2. The van der Waals surface area contributed by atoms with Gasteiger partial charge in [0.2, 0.25) is 5.88 Å². The van der Waals surface area contributed by atoms with Gasteiger partial charge >= 0.3 is 0 Å². The predicted molar refractivity (Wildman–Crippen MR) is 106 cm³/mol. The van der Waals surface area contributed by atoms with Crippen molar-refractivity contribution in [1.82, 2.24) is 25.1 Å². The molecule has 2 aromatic rings. The van der Waals surface area contributed by atoms with E-state index in [9.17, 15) is 4.79 Å². The molecule has 0 atom stereocenters. The van der Waals surface area contributed by atoms with E-state index >= 15 is 0 Å². The highest BCUT2D eigenvalue weighted by Crippen LogP contribution is 2.24. The average molecular weight is 384 g/mol. The highest BCUT2D eigenvalue weighted by Gasteiger charge is 2.28. The maximum atomic E-state index is 13.0. The van der Waals surface area contributed by atoms with Crippen LogP contribution in [0.2, 0.25) is 0 Å². The molecule has 8 heteroatoms. The summed E-state index contributed by atoms with van der Waals surface area (Å²) in [5, 5.41) is 7.40. The number of fused-ring (bicyclic) bond motifs is 1. The molecule has 8 nitrogen and oxygen atoms in total. The Labute approximate surface area is 165 Å². The van der Waals surface area contributed by atoms with Gasteiger partial charge in [-0.05, 0) is 31.6 Å². The van der Waals surface area contributed by atoms with Crippen molar-refractivity contribution in [3.8, 4) is 5.88 Å². The summed E-state index contributed by atoms with van der Waals surface area (Å²) in [6, 6.07) is 1.88. The molecule has 0 saturated carbocycles. The molecule has 4 rings (SSSR count). The maximum Gasteiger partial charge on any atom is 0.274 e. The summed E-state index contributed by atoms with van der Waals surface area (Å²) in [7, 11) is 0. The van der Waals surface area contributed by atoms with Crippen molar-refractivity contribution in [3.63, 3.8) is 0 Å². The second-order valence-electron chi connectivity index (χ2n) is 7.93. The molecule has 28 heavy (non-hydrogen) atoms. The Morgan fingerprint density at radius 3 is 2.75 bits per heavy atom. The van der Waals surface area contributed by atoms with Gasteiger partial charge < -0.3 is 14.5 Å². The van der Waals surface area contributed by atoms with Gasteiger partial charge in [0.1, 0.15) is 12.1 Å². The number of carbonyl (C=O) groups excluding carboxylic acids is 1. The number of H-pyrrole nitrogens is 1. The first kappa shape index (κ1) is 18.7. The molecule has 1 aliphatic heterocycles. The molecule has 0 radical (unpaired) electrons. The van der Waals surface area contributed by atoms with Crippen LogP contribution in [-0.2, 0) is 12.8 Å². The summed E-state index contributed by atoms with van der Waals surface area (Å²) in [4.78, 5) is 25.6. The lowest BCUT2D eigenvalue weighted by molar-refractivity contribution is 0.0739. The number of hydrogen-bond donors (Lipinski definition) is 1. The maximum absolute atomic E-state index is 13.0. The molecule has 2 aliphatic rings. The molecule has 0 aromatic carbocycles. The zero-order valence-corrected chi connectivity index (χ0v) is 16.6. The fourth-order valence-electron chi connectivity index (χ4n) is 3.78. The van der Waals surface area contributed by atoms with Gasteiger partial charge in [0.15, 0.2) is 5.69 Å². The van der Waals surface area contributed by atoms with E-state index in [4.69, 9.17) is 4.74 Å². The van der Waals surface area contributed by atoms with Gasteiger partial charge in [0, 0.05) is 43.5 Å². The summed E-state index contributed by atoms with van der Waals surface area (Å²) in [5.74, 6) is 1.93. The van der Waals surface area contributed by atoms with Crippen LogP contribution in [0.3, 0.4) is 0 Å². The van der Waals surface area contributed by atoms with Crippen LogP contribution in [0.4, 0.5) is 5.82 Å². The highest BCUT2D eigenvalue weighted by molar-refractivity contribution is 5.94. The van der Waals surface area contributed by atoms with Crippen LogP contribution < -0.4 is 9.64 Å². The van der Waals surface area contributed by atoms with Crippen molar-refractivity contribution < 1.29 is 9.53 Å². The van der Waals surface area contributed by atoms with Crippen molar-refractivity contribution in [2.75, 3.05) is 37.7 Å². The van der Waals surface area contributed by atoms with Crippen molar-refractivity contribution >= 4 is 11.7 Å². The molecular formula is C20H28N6O2. The fraction of sp³-hybridized carbons (Fsp3) is 0.600. The molecule has 0 unspecified atom stereocenters. The van der Waals surface area contributed by atoms with Gasteiger partial charge in [0.05, 0.1) is 6.61 Å². The number of carbonyl (C=O) groups is 1. The molecule has 150 valence electrons. The van der Waals surface area contributed by atoms with Crippen molar-refractivity contribution in [1.29, 1.82) is 0 Å². The van der Waals surface area contributed by atoms with Crippen LogP contribution in [0.15, 0.2) is 12.4 Å². The molecule has 1 amide bonds. The highest BCUT2D eigenvalue weighted by atomic mass is 16.5. The van der Waals surface area contributed by atoms with Gasteiger partial charge in [0.25, 0.3) is 5.91 Å². The number of rotatable bonds is 5. The number of aromatic amines is 1. The Morgan fingerprint density at radius 2 is 1.96 bits per heavy atom. The van der Waals surface area contributed by atoms with Crippen molar-refractivity contribution in [3.05, 3.63) is 29.3 Å². The second-order valence-corrected chi connectivity index (χ2v) is 7.93. The second kappa shape index (κ2) is 8.16. The lowest BCUT2D eigenvalue weighted by Gasteiger charge is -2.35. The summed E-state index contributed by atoms with van der Waals surface area (Å²) < 4.78 is 5.71. The number of aromatic nitrogens is 4. The normalized spacial score (nSPS) is 17.0. The molecule has 1 aliphatic carbocycles. The predicted octanol–water partition coefficient (Wildman–Crippen LogP) is 2.08. The molecule has 1 fully saturated rings. The van der Waals surface area contributed by atoms with Gasteiger partial charge in [-0.25, -0.2) is 9.97 Å². The average Bonchev–Trinajstić information content (AvgIpc) is 3.16. The fourth-order valence-corrected chi connectivity index (χ4v) is 3.78. The minimum Gasteiger partial charge on any atom is -0.477 e. The molecular weight excluding hydrogens is 356 g/mol. The van der Waals surface area contributed by atoms with Crippen LogP contribution >= 0.6 is 0 Å². The third-order valence-electron chi connectivity index (χ3n) is 5.34. The van der Waals surface area contributed by atoms with E-state index in [0.29, 0.717) is 37.2 Å². The van der Waals surface area contributed by atoms with Gasteiger partial charge in [-0.3, -0.25) is 9.89 Å². The van der Waals surface area contributed by atoms with E-state index in [2.05, 4.69) is 38.9 Å². The van der Waals surface area contributed by atoms with Crippen LogP contribution in [0, 0.1) is 5.92 Å². The molecule has 1 N–H and O–H groups in total. The van der Waals surface area contributed by atoms with E-state index in [1.165, 1.54) is 6.42 Å². The van der Waals surface area contributed by atoms with Crippen LogP contribution in [0.5, 0.6) is 5.88 Å². The van der Waals surface area contributed by atoms with Crippen molar-refractivity contribution in [2.45, 2.75) is 39.5 Å². The van der Waals surface area contributed by atoms with Crippen LogP contribution in [0.25, 0.3) is 0 Å². The number of aryl methyl sites for hydroxylation is 1. The number of anilines is 1. The first-order chi connectivity index (χ1) is 13.6. The van der Waals surface area contributed by atoms with Gasteiger partial charge in [-0.2, -0.15) is 5.10 Å². The third-order valence-corrected chi connectivity index (χ3v) is 5.34. The van der Waals surface area contributed by atoms with Crippen LogP contribution in [0.1, 0.15) is 48.4 Å². The number of nitrogens with zero attached hydrogens (tertiary/aromatic N) is 5. The molecule has 0 spiro atoms. The Morgan fingerprint density at radius 1 is 1.18 bits per heavy atom. The zero-order valence-electron chi connectivity index (χ0n) is 16.6. The topological polar surface area (TPSA) is 87.2 Å². The number of amides is 1. The van der Waals surface area contributed by atoms with E-state index in [-0.39, 0.29) is 5.91 Å². The SMILES string of the molecule is CC(C)COc1cc(N2CCN(C(=O)c3n[nH]c4c3CCCC4)CC2)ncn1. The minimum absolute atomic E-state index is 0.0442. The monoisotopic (exact) mass is 384 g/mol. The van der Waals surface area contributed by atoms with E-state index in [1.807, 2.05) is 11.0 Å². The summed E-state index contributed by atoms with van der Waals surface area (Å²) in [5.41, 5.74) is 2.89. The Hall–Kier alpha value is -2.64. The summed E-state index contributed by atoms with van der Waals surface area (Å²) in [6.45, 7) is 7.63. The minimum atomic E-state index is 0.0442. The Kier molecular flexibility index (Phi) is 5.45. The number of piperazine rings is 1. The standard InChI is InChI=1S/C20H28N6O2/c1-14(2)12-28-18-11-17(21-13-22-18)25-7-9-26(10-8-25)20(27)19-15-5-3-4-6-16(15)23-24-19/h11,13-14H,3-10,12H2,1-2H3,(H,23,24). The number of hydrogen-bond acceptors (Lipinski definition) is 6. The molecule has 3 heterocycles. The smallest absolute Gasteiger partial charge is 0.274 e. The number of nitrogens with one attached hydrogen (secondary N) is 1. The molecule has 0 bridgehead atoms. The van der Waals surface area contributed by atoms with Gasteiger partial charge in [-0.15, -0.1) is 0 Å². The lowest BCUT2D eigenvalue weighted by atomic mass is 9.95. The van der Waals surface area contributed by atoms with Crippen LogP contribution in [-0.4, -0.2) is 63.8 Å². The third kappa shape index (κ3) is 3.95. The first-order valence-corrected chi connectivity index (χ1v) is 10.2. The van der Waals surface area contributed by atoms with E-state index < -0.39 is 0 Å². The molecule has 2 aromatic heterocycles. The Bertz CT molecular complexity index is 826. The lowest BCUT2D eigenvalue weighted by Crippen LogP contribution is -2.49. The Balaban J connectivity index is 1.38. The van der Waals surface area contributed by atoms with E-state index in [0.717, 1.165) is 49.4 Å². The van der Waals surface area contributed by atoms with E-state index in [1.54, 1.807) is 6.33 Å². The summed E-state index contributed by atoms with van der Waals surface area (Å²) >= 11 is 0. The summed E-state index contributed by atoms with van der Waals surface area (Å²) in [6.07, 6.45) is 5.79. The van der Waals surface area contributed by atoms with Crippen molar-refractivity contribution in [2.24, 2.45) is 5.92 Å². The largest absolute Gasteiger partial charge is 0.477 e. The van der Waals surface area contributed by atoms with Gasteiger partial charge in [-0.1, -0.05) is 13.8 Å². The molecule has 1 saturated heterocycles. The zero-order chi connectivity index (χ0) is 19.5.